The summed E-state index contributed by atoms with van der Waals surface area (Å²) in [5, 5.41) is 15.1. The van der Waals surface area contributed by atoms with Gasteiger partial charge < -0.3 is 24.9 Å². The number of carbonyl (C=O) groups is 2. The molecule has 0 aliphatic heterocycles. The van der Waals surface area contributed by atoms with Crippen LogP contribution in [0.1, 0.15) is 52.1 Å². The summed E-state index contributed by atoms with van der Waals surface area (Å²) in [5.41, 5.74) is 3.51. The zero-order valence-corrected chi connectivity index (χ0v) is 24.2. The first-order chi connectivity index (χ1) is 21.8. The van der Waals surface area contributed by atoms with Crippen molar-refractivity contribution in [2.24, 2.45) is 0 Å². The van der Waals surface area contributed by atoms with Gasteiger partial charge in [-0.3, -0.25) is 9.59 Å². The van der Waals surface area contributed by atoms with Crippen molar-refractivity contribution in [3.63, 3.8) is 0 Å². The van der Waals surface area contributed by atoms with Gasteiger partial charge in [0.1, 0.15) is 34.3 Å². The molecule has 9 nitrogen and oxygen atoms in total. The van der Waals surface area contributed by atoms with E-state index in [1.165, 1.54) is 28.9 Å². The highest BCUT2D eigenvalue weighted by atomic mass is 19.1. The van der Waals surface area contributed by atoms with E-state index in [4.69, 9.17) is 9.84 Å². The zero-order valence-electron chi connectivity index (χ0n) is 24.2. The number of nitrogens with one attached hydrogen (secondary N) is 2. The van der Waals surface area contributed by atoms with E-state index in [0.29, 0.717) is 43.5 Å². The molecule has 0 spiro atoms. The van der Waals surface area contributed by atoms with Crippen molar-refractivity contribution in [3.05, 3.63) is 114 Å². The number of hydrogen-bond acceptors (Lipinski definition) is 6. The van der Waals surface area contributed by atoms with E-state index < -0.39 is 17.5 Å². The van der Waals surface area contributed by atoms with E-state index >= 15 is 0 Å². The lowest BCUT2D eigenvalue weighted by molar-refractivity contribution is 0.0888. The van der Waals surface area contributed by atoms with Gasteiger partial charge in [-0.05, 0) is 79.1 Å². The number of carbonyl (C=O) groups excluding carboxylic acids is 2. The molecule has 11 heteroatoms. The second-order valence-electron chi connectivity index (χ2n) is 11.0. The quantitative estimate of drug-likeness (QED) is 0.203. The molecule has 1 fully saturated rings. The predicted molar refractivity (Wildman–Crippen MR) is 163 cm³/mol. The Balaban J connectivity index is 1.07. The van der Waals surface area contributed by atoms with Gasteiger partial charge in [-0.15, -0.1) is 0 Å². The van der Waals surface area contributed by atoms with Gasteiger partial charge in [-0.1, -0.05) is 36.4 Å². The highest BCUT2D eigenvalue weighted by Gasteiger charge is 2.26. The van der Waals surface area contributed by atoms with Crippen molar-refractivity contribution in [2.75, 3.05) is 6.61 Å². The van der Waals surface area contributed by atoms with Crippen LogP contribution in [-0.4, -0.2) is 50.0 Å². The molecule has 0 radical (unpaired) electrons. The van der Waals surface area contributed by atoms with Crippen LogP contribution >= 0.6 is 0 Å². The first-order valence-corrected chi connectivity index (χ1v) is 14.7. The SMILES string of the molecule is O=C(N[C@H]1CC[C@H](NC(=O)c2cc(F)cnc2Oc2cccc(-c3ccc(CCO)cc3)c2)CC1)c1cn2cc(F)ccc2n1. The number of pyridine rings is 2. The van der Waals surface area contributed by atoms with E-state index in [9.17, 15) is 18.4 Å². The summed E-state index contributed by atoms with van der Waals surface area (Å²) in [5.74, 6) is -1.51. The van der Waals surface area contributed by atoms with E-state index in [2.05, 4.69) is 20.6 Å². The Morgan fingerprint density at radius 2 is 1.60 bits per heavy atom. The number of amides is 2. The minimum Gasteiger partial charge on any atom is -0.438 e. The minimum atomic E-state index is -0.662. The highest BCUT2D eigenvalue weighted by Crippen LogP contribution is 2.29. The number of rotatable bonds is 9. The molecule has 230 valence electrons. The van der Waals surface area contributed by atoms with Gasteiger partial charge in [-0.25, -0.2) is 18.7 Å². The maximum Gasteiger partial charge on any atom is 0.271 e. The molecule has 1 saturated carbocycles. The second-order valence-corrected chi connectivity index (χ2v) is 11.0. The molecular weight excluding hydrogens is 580 g/mol. The van der Waals surface area contributed by atoms with Crippen LogP contribution in [0.4, 0.5) is 8.78 Å². The first-order valence-electron chi connectivity index (χ1n) is 14.7. The number of aromatic nitrogens is 3. The summed E-state index contributed by atoms with van der Waals surface area (Å²) < 4.78 is 35.1. The second kappa shape index (κ2) is 13.2. The molecule has 6 rings (SSSR count). The average Bonchev–Trinajstić information content (AvgIpc) is 3.47. The average molecular weight is 612 g/mol. The molecule has 0 bridgehead atoms. The maximum absolute atomic E-state index is 14.2. The van der Waals surface area contributed by atoms with Gasteiger partial charge in [0.05, 0.1) is 6.20 Å². The molecule has 0 saturated heterocycles. The Morgan fingerprint density at radius 3 is 2.33 bits per heavy atom. The number of benzene rings is 2. The number of hydrogen-bond donors (Lipinski definition) is 3. The van der Waals surface area contributed by atoms with Crippen molar-refractivity contribution in [1.29, 1.82) is 0 Å². The Bertz CT molecular complexity index is 1830. The molecule has 1 aliphatic carbocycles. The van der Waals surface area contributed by atoms with Gasteiger partial charge in [0.25, 0.3) is 11.8 Å². The third-order valence-corrected chi connectivity index (χ3v) is 7.84. The smallest absolute Gasteiger partial charge is 0.271 e. The molecule has 45 heavy (non-hydrogen) atoms. The lowest BCUT2D eigenvalue weighted by atomic mass is 9.91. The molecule has 2 amide bonds. The number of nitrogens with zero attached hydrogens (tertiary/aromatic N) is 3. The highest BCUT2D eigenvalue weighted by molar-refractivity contribution is 5.96. The molecule has 0 unspecified atom stereocenters. The number of ether oxygens (including phenoxy) is 1. The molecule has 1 aliphatic rings. The van der Waals surface area contributed by atoms with Crippen LogP contribution in [0.25, 0.3) is 16.8 Å². The summed E-state index contributed by atoms with van der Waals surface area (Å²) >= 11 is 0. The molecule has 3 heterocycles. The number of halogens is 2. The van der Waals surface area contributed by atoms with Crippen molar-refractivity contribution in [2.45, 2.75) is 44.2 Å². The third-order valence-electron chi connectivity index (χ3n) is 7.84. The van der Waals surface area contributed by atoms with Crippen molar-refractivity contribution < 1.29 is 28.2 Å². The van der Waals surface area contributed by atoms with Crippen molar-refractivity contribution >= 4 is 17.5 Å². The molecule has 3 N–H and O–H groups in total. The van der Waals surface area contributed by atoms with Gasteiger partial charge in [0, 0.05) is 31.1 Å². The summed E-state index contributed by atoms with van der Waals surface area (Å²) in [6.07, 6.45) is 6.78. The molecule has 2 aromatic carbocycles. The number of fused-ring (bicyclic) bond motifs is 1. The van der Waals surface area contributed by atoms with Crippen molar-refractivity contribution in [1.82, 2.24) is 25.0 Å². The predicted octanol–water partition coefficient (Wildman–Crippen LogP) is 5.47. The van der Waals surface area contributed by atoms with Gasteiger partial charge in [0.2, 0.25) is 5.88 Å². The van der Waals surface area contributed by atoms with Gasteiger partial charge >= 0.3 is 0 Å². The third kappa shape index (κ3) is 7.15. The first kappa shape index (κ1) is 29.9. The van der Waals surface area contributed by atoms with Crippen molar-refractivity contribution in [3.8, 4) is 22.8 Å². The molecule has 0 atom stereocenters. The Morgan fingerprint density at radius 1 is 0.867 bits per heavy atom. The molecule has 3 aromatic heterocycles. The van der Waals surface area contributed by atoms with E-state index in [0.717, 1.165) is 29.0 Å². The van der Waals surface area contributed by atoms with Crippen LogP contribution in [0, 0.1) is 11.6 Å². The van der Waals surface area contributed by atoms with Crippen LogP contribution in [0.5, 0.6) is 11.6 Å². The lowest BCUT2D eigenvalue weighted by Gasteiger charge is -2.29. The molecule has 5 aromatic rings. The fourth-order valence-corrected chi connectivity index (χ4v) is 5.49. The monoisotopic (exact) mass is 611 g/mol. The summed E-state index contributed by atoms with van der Waals surface area (Å²) in [6, 6.07) is 18.7. The fraction of sp³-hybridized carbons (Fsp3) is 0.235. The van der Waals surface area contributed by atoms with E-state index in [1.807, 2.05) is 42.5 Å². The van der Waals surface area contributed by atoms with Gasteiger partial charge in [-0.2, -0.15) is 0 Å². The summed E-state index contributed by atoms with van der Waals surface area (Å²) in [6.45, 7) is 0.0817. The Kier molecular flexibility index (Phi) is 8.79. The number of imidazole rings is 1. The van der Waals surface area contributed by atoms with Crippen LogP contribution in [0.2, 0.25) is 0 Å². The lowest BCUT2D eigenvalue weighted by Crippen LogP contribution is -2.44. The molecular formula is C34H31F2N5O4. The van der Waals surface area contributed by atoms with E-state index in [1.54, 1.807) is 6.07 Å². The largest absolute Gasteiger partial charge is 0.438 e. The summed E-state index contributed by atoms with van der Waals surface area (Å²) in [7, 11) is 0. The normalized spacial score (nSPS) is 16.3. The Hall–Kier alpha value is -5.16. The van der Waals surface area contributed by atoms with Crippen LogP contribution in [-0.2, 0) is 6.42 Å². The standard InChI is InChI=1S/C34H31F2N5O4/c35-24-8-13-31-40-30(20-41(31)19-24)33(44)39-27-11-9-26(10-12-27)38-32(43)29-17-25(36)18-37-34(29)45-28-3-1-2-23(16-28)22-6-4-21(5-7-22)14-15-42/h1-8,13,16-20,26-27,42H,9-12,14-15H2,(H,38,43)(H,39,44)/t26-,27-. The number of aliphatic hydroxyl groups is 1. The zero-order chi connectivity index (χ0) is 31.3. The number of aliphatic hydroxyl groups excluding tert-OH is 1. The van der Waals surface area contributed by atoms with Crippen LogP contribution in [0.3, 0.4) is 0 Å². The van der Waals surface area contributed by atoms with Gasteiger partial charge in [0.15, 0.2) is 0 Å². The van der Waals surface area contributed by atoms with Crippen LogP contribution < -0.4 is 15.4 Å². The van der Waals surface area contributed by atoms with E-state index in [-0.39, 0.29) is 41.7 Å². The fourth-order valence-electron chi connectivity index (χ4n) is 5.49. The minimum absolute atomic E-state index is 0.0161. The topological polar surface area (TPSA) is 118 Å². The summed E-state index contributed by atoms with van der Waals surface area (Å²) in [4.78, 5) is 34.3. The van der Waals surface area contributed by atoms with Crippen LogP contribution in [0.15, 0.2) is 85.3 Å². The maximum atomic E-state index is 14.2. The Labute approximate surface area is 257 Å².